The second kappa shape index (κ2) is 6.26. The highest BCUT2D eigenvalue weighted by molar-refractivity contribution is 6.23. The summed E-state index contributed by atoms with van der Waals surface area (Å²) < 4.78 is 5.55. The Morgan fingerprint density at radius 1 is 1.10 bits per heavy atom. The second-order valence-electron chi connectivity index (χ2n) is 9.06. The van der Waals surface area contributed by atoms with E-state index in [4.69, 9.17) is 4.74 Å². The summed E-state index contributed by atoms with van der Waals surface area (Å²) >= 11 is 0. The first kappa shape index (κ1) is 17.4. The number of ether oxygens (including phenoxy) is 1. The fourth-order valence-corrected chi connectivity index (χ4v) is 6.11. The molecule has 0 radical (unpaired) electrons. The van der Waals surface area contributed by atoms with E-state index in [-0.39, 0.29) is 47.5 Å². The van der Waals surface area contributed by atoms with E-state index in [9.17, 15) is 14.4 Å². The number of amides is 3. The van der Waals surface area contributed by atoms with Crippen molar-refractivity contribution >= 4 is 23.4 Å². The largest absolute Gasteiger partial charge is 0.376 e. The Kier molecular flexibility index (Phi) is 3.76. The maximum atomic E-state index is 13.2. The number of anilines is 1. The highest BCUT2D eigenvalue weighted by atomic mass is 16.5. The third-order valence-electron chi connectivity index (χ3n) is 7.54. The number of imide groups is 1. The molecular weight excluding hydrogens is 368 g/mol. The molecule has 6 aliphatic rings. The first-order valence-electron chi connectivity index (χ1n) is 10.7. The fourth-order valence-electron chi connectivity index (χ4n) is 6.11. The van der Waals surface area contributed by atoms with E-state index in [1.54, 1.807) is 24.3 Å². The van der Waals surface area contributed by atoms with Crippen LogP contribution in [0, 0.1) is 35.5 Å². The number of nitrogens with zero attached hydrogens (tertiary/aromatic N) is 1. The molecule has 3 amide bonds. The standard InChI is InChI=1S/C23H24N2O4/c26-21(24-11-14-5-2-8-29-14)12-3-1-4-13(9-12)25-22(27)19-15-6-7-16(18-10-17(15)18)20(19)23(25)28/h1,3-4,6-7,9,14-20H,2,5,8,10-11H2,(H,24,26)/t14-,15-,16-,17-,18+,19-,20+/m0/s1. The second-order valence-corrected chi connectivity index (χ2v) is 9.06. The highest BCUT2D eigenvalue weighted by Crippen LogP contribution is 2.65. The van der Waals surface area contributed by atoms with E-state index < -0.39 is 0 Å². The summed E-state index contributed by atoms with van der Waals surface area (Å²) in [6.07, 6.45) is 7.54. The Hall–Kier alpha value is -2.47. The Balaban J connectivity index is 1.23. The molecule has 2 aliphatic heterocycles. The molecule has 1 aromatic rings. The lowest BCUT2D eigenvalue weighted by Crippen LogP contribution is -2.40. The molecule has 2 heterocycles. The molecule has 4 aliphatic carbocycles. The molecule has 0 unspecified atom stereocenters. The van der Waals surface area contributed by atoms with Gasteiger partial charge in [-0.2, -0.15) is 0 Å². The van der Waals surface area contributed by atoms with Crippen LogP contribution in [0.5, 0.6) is 0 Å². The molecule has 4 fully saturated rings. The van der Waals surface area contributed by atoms with Crippen molar-refractivity contribution < 1.29 is 19.1 Å². The van der Waals surface area contributed by atoms with Crippen molar-refractivity contribution in [2.24, 2.45) is 35.5 Å². The molecule has 2 saturated heterocycles. The Morgan fingerprint density at radius 3 is 2.48 bits per heavy atom. The molecule has 0 aromatic heterocycles. The Labute approximate surface area is 169 Å². The molecule has 150 valence electrons. The molecule has 2 bridgehead atoms. The topological polar surface area (TPSA) is 75.7 Å². The monoisotopic (exact) mass is 392 g/mol. The van der Waals surface area contributed by atoms with E-state index in [2.05, 4.69) is 17.5 Å². The summed E-state index contributed by atoms with van der Waals surface area (Å²) in [6.45, 7) is 1.22. The zero-order valence-corrected chi connectivity index (χ0v) is 16.1. The Morgan fingerprint density at radius 2 is 1.83 bits per heavy atom. The van der Waals surface area contributed by atoms with E-state index in [1.807, 2.05) is 0 Å². The number of carbonyl (C=O) groups excluding carboxylic acids is 3. The van der Waals surface area contributed by atoms with Gasteiger partial charge in [0.05, 0.1) is 23.6 Å². The van der Waals surface area contributed by atoms with Crippen molar-refractivity contribution in [3.05, 3.63) is 42.0 Å². The normalized spacial score (nSPS) is 38.9. The lowest BCUT2D eigenvalue weighted by Gasteiger charge is -2.37. The molecular formula is C23H24N2O4. The van der Waals surface area contributed by atoms with Crippen molar-refractivity contribution in [1.82, 2.24) is 5.32 Å². The van der Waals surface area contributed by atoms with Gasteiger partial charge in [-0.1, -0.05) is 18.2 Å². The minimum Gasteiger partial charge on any atom is -0.376 e. The number of nitrogens with one attached hydrogen (secondary N) is 1. The van der Waals surface area contributed by atoms with Gasteiger partial charge in [0.1, 0.15) is 0 Å². The zero-order chi connectivity index (χ0) is 19.7. The van der Waals surface area contributed by atoms with Crippen LogP contribution in [0.25, 0.3) is 0 Å². The molecule has 2 saturated carbocycles. The molecule has 7 rings (SSSR count). The SMILES string of the molecule is O=C(NC[C@@H]1CCCO1)c1cccc(N2C(=O)[C@@H]3[C@H]4C=C[C@@H]([C@@H]5C[C@H]45)[C@@H]3C2=O)c1. The first-order valence-corrected chi connectivity index (χ1v) is 10.7. The summed E-state index contributed by atoms with van der Waals surface area (Å²) in [7, 11) is 0. The van der Waals surface area contributed by atoms with Gasteiger partial charge in [0.2, 0.25) is 11.8 Å². The van der Waals surface area contributed by atoms with Gasteiger partial charge >= 0.3 is 0 Å². The molecule has 1 aromatic carbocycles. The van der Waals surface area contributed by atoms with E-state index in [1.165, 1.54) is 4.90 Å². The number of benzene rings is 1. The predicted octanol–water partition coefficient (Wildman–Crippen LogP) is 2.15. The number of allylic oxidation sites excluding steroid dienone is 2. The summed E-state index contributed by atoms with van der Waals surface area (Å²) in [5.74, 6) is 0.723. The van der Waals surface area contributed by atoms with Crippen molar-refractivity contribution in [1.29, 1.82) is 0 Å². The van der Waals surface area contributed by atoms with Crippen molar-refractivity contribution in [2.45, 2.75) is 25.4 Å². The number of hydrogen-bond donors (Lipinski definition) is 1. The minimum absolute atomic E-state index is 0.0707. The van der Waals surface area contributed by atoms with Gasteiger partial charge in [0, 0.05) is 18.7 Å². The molecule has 6 nitrogen and oxygen atoms in total. The highest BCUT2D eigenvalue weighted by Gasteiger charge is 2.67. The lowest BCUT2D eigenvalue weighted by molar-refractivity contribution is -0.124. The molecule has 1 N–H and O–H groups in total. The van der Waals surface area contributed by atoms with Gasteiger partial charge in [-0.05, 0) is 61.1 Å². The van der Waals surface area contributed by atoms with Gasteiger partial charge in [0.25, 0.3) is 5.91 Å². The minimum atomic E-state index is -0.224. The van der Waals surface area contributed by atoms with E-state index >= 15 is 0 Å². The van der Waals surface area contributed by atoms with Crippen LogP contribution in [-0.4, -0.2) is 37.0 Å². The van der Waals surface area contributed by atoms with Crippen molar-refractivity contribution in [3.8, 4) is 0 Å². The molecule has 6 heteroatoms. The third-order valence-corrected chi connectivity index (χ3v) is 7.54. The fraction of sp³-hybridized carbons (Fsp3) is 0.522. The number of rotatable bonds is 4. The third kappa shape index (κ3) is 2.54. The van der Waals surface area contributed by atoms with Crippen LogP contribution >= 0.6 is 0 Å². The lowest BCUT2D eigenvalue weighted by atomic mass is 9.63. The smallest absolute Gasteiger partial charge is 0.251 e. The maximum Gasteiger partial charge on any atom is 0.251 e. The van der Waals surface area contributed by atoms with Gasteiger partial charge in [-0.3, -0.25) is 14.4 Å². The van der Waals surface area contributed by atoms with E-state index in [0.717, 1.165) is 25.9 Å². The van der Waals surface area contributed by atoms with E-state index in [0.29, 0.717) is 29.6 Å². The maximum absolute atomic E-state index is 13.2. The number of hydrogen-bond acceptors (Lipinski definition) is 4. The van der Waals surface area contributed by atoms with Gasteiger partial charge in [-0.15, -0.1) is 0 Å². The molecule has 29 heavy (non-hydrogen) atoms. The van der Waals surface area contributed by atoms with Crippen LogP contribution in [0.2, 0.25) is 0 Å². The zero-order valence-electron chi connectivity index (χ0n) is 16.1. The van der Waals surface area contributed by atoms with Gasteiger partial charge in [-0.25, -0.2) is 4.90 Å². The summed E-state index contributed by atoms with van der Waals surface area (Å²) in [4.78, 5) is 40.4. The quantitative estimate of drug-likeness (QED) is 0.629. The van der Waals surface area contributed by atoms with Crippen LogP contribution in [0.4, 0.5) is 5.69 Å². The van der Waals surface area contributed by atoms with Crippen LogP contribution in [0.3, 0.4) is 0 Å². The molecule has 7 atom stereocenters. The average Bonchev–Trinajstić information content (AvgIpc) is 3.33. The van der Waals surface area contributed by atoms with Crippen LogP contribution in [0.1, 0.15) is 29.6 Å². The first-order chi connectivity index (χ1) is 14.1. The van der Waals surface area contributed by atoms with Crippen LogP contribution in [-0.2, 0) is 14.3 Å². The predicted molar refractivity (Wildman–Crippen MR) is 105 cm³/mol. The number of carbonyl (C=O) groups is 3. The van der Waals surface area contributed by atoms with Crippen molar-refractivity contribution in [3.63, 3.8) is 0 Å². The average molecular weight is 392 g/mol. The summed E-state index contributed by atoms with van der Waals surface area (Å²) in [6, 6.07) is 6.87. The summed E-state index contributed by atoms with van der Waals surface area (Å²) in [5, 5.41) is 2.90. The van der Waals surface area contributed by atoms with Crippen LogP contribution in [0.15, 0.2) is 36.4 Å². The van der Waals surface area contributed by atoms with Gasteiger partial charge < -0.3 is 10.1 Å². The summed E-state index contributed by atoms with van der Waals surface area (Å²) in [5.41, 5.74) is 0.965. The molecule has 0 spiro atoms. The van der Waals surface area contributed by atoms with Crippen LogP contribution < -0.4 is 10.2 Å². The Bertz CT molecular complexity index is 899. The van der Waals surface area contributed by atoms with Gasteiger partial charge in [0.15, 0.2) is 0 Å². The van der Waals surface area contributed by atoms with Crippen molar-refractivity contribution in [2.75, 3.05) is 18.1 Å².